The molecule has 108 valence electrons. The van der Waals surface area contributed by atoms with Gasteiger partial charge in [-0.2, -0.15) is 4.98 Å². The van der Waals surface area contributed by atoms with Crippen molar-refractivity contribution < 1.29 is 0 Å². The lowest BCUT2D eigenvalue weighted by molar-refractivity contribution is 1.16. The van der Waals surface area contributed by atoms with Crippen molar-refractivity contribution >= 4 is 62.2 Å². The van der Waals surface area contributed by atoms with Crippen molar-refractivity contribution in [3.63, 3.8) is 0 Å². The Hall–Kier alpha value is -1.60. The number of hydrogen-bond acceptors (Lipinski definition) is 6. The Bertz CT molecular complexity index is 818. The van der Waals surface area contributed by atoms with Crippen LogP contribution in [0.1, 0.15) is 4.88 Å². The molecule has 2 aromatic heterocycles. The van der Waals surface area contributed by atoms with Crippen molar-refractivity contribution in [2.24, 2.45) is 5.84 Å². The van der Waals surface area contributed by atoms with E-state index in [1.807, 2.05) is 25.1 Å². The zero-order chi connectivity index (χ0) is 15.0. The highest BCUT2D eigenvalue weighted by atomic mass is 35.5. The molecule has 8 heteroatoms. The fraction of sp³-hybridized carbons (Fsp3) is 0.0769. The summed E-state index contributed by atoms with van der Waals surface area (Å²) in [5.74, 6) is 6.38. The minimum absolute atomic E-state index is 0.338. The van der Waals surface area contributed by atoms with Gasteiger partial charge in [0.2, 0.25) is 5.95 Å². The van der Waals surface area contributed by atoms with Crippen molar-refractivity contribution in [1.29, 1.82) is 0 Å². The molecule has 0 bridgehead atoms. The first kappa shape index (κ1) is 14.3. The van der Waals surface area contributed by atoms with Crippen LogP contribution in [0.2, 0.25) is 10.0 Å². The highest BCUT2D eigenvalue weighted by Crippen LogP contribution is 2.35. The molecule has 4 N–H and O–H groups in total. The predicted octanol–water partition coefficient (Wildman–Crippen LogP) is 4.34. The van der Waals surface area contributed by atoms with Gasteiger partial charge in [0.15, 0.2) is 0 Å². The molecule has 0 radical (unpaired) electrons. The number of aryl methyl sites for hydroxylation is 1. The van der Waals surface area contributed by atoms with E-state index >= 15 is 0 Å². The molecule has 0 amide bonds. The second kappa shape index (κ2) is 5.65. The van der Waals surface area contributed by atoms with Crippen LogP contribution < -0.4 is 16.6 Å². The highest BCUT2D eigenvalue weighted by Gasteiger charge is 2.12. The number of fused-ring (bicyclic) bond motifs is 1. The lowest BCUT2D eigenvalue weighted by Gasteiger charge is -2.10. The van der Waals surface area contributed by atoms with Gasteiger partial charge in [0, 0.05) is 4.88 Å². The van der Waals surface area contributed by atoms with Gasteiger partial charge in [-0.25, -0.2) is 10.8 Å². The molecule has 1 aromatic carbocycles. The van der Waals surface area contributed by atoms with E-state index in [9.17, 15) is 0 Å². The van der Waals surface area contributed by atoms with Gasteiger partial charge in [0.05, 0.1) is 21.1 Å². The Kier molecular flexibility index (Phi) is 3.86. The number of thiophene rings is 1. The zero-order valence-corrected chi connectivity index (χ0v) is 13.3. The summed E-state index contributed by atoms with van der Waals surface area (Å²) in [5, 5.41) is 5.02. The molecule has 3 rings (SSSR count). The molecule has 0 aliphatic heterocycles. The van der Waals surface area contributed by atoms with Crippen LogP contribution in [0.4, 0.5) is 17.5 Å². The Morgan fingerprint density at radius 1 is 1.24 bits per heavy atom. The molecule has 0 aliphatic rings. The van der Waals surface area contributed by atoms with Crippen LogP contribution in [0.3, 0.4) is 0 Å². The van der Waals surface area contributed by atoms with Gasteiger partial charge in [-0.3, -0.25) is 5.43 Å². The second-order valence-electron chi connectivity index (χ2n) is 4.34. The average molecular weight is 340 g/mol. The van der Waals surface area contributed by atoms with Crippen LogP contribution in [-0.2, 0) is 0 Å². The van der Waals surface area contributed by atoms with E-state index in [1.165, 1.54) is 0 Å². The van der Waals surface area contributed by atoms with Gasteiger partial charge in [-0.15, -0.1) is 11.3 Å². The number of anilines is 3. The lowest BCUT2D eigenvalue weighted by Crippen LogP contribution is -2.11. The number of nitrogen functional groups attached to an aromatic ring is 1. The van der Waals surface area contributed by atoms with Gasteiger partial charge in [-0.05, 0) is 25.1 Å². The molecule has 5 nitrogen and oxygen atoms in total. The molecule has 0 fully saturated rings. The number of hydrazine groups is 1. The minimum Gasteiger partial charge on any atom is -0.338 e. The first-order valence-corrected chi connectivity index (χ1v) is 7.61. The van der Waals surface area contributed by atoms with Gasteiger partial charge >= 0.3 is 0 Å². The highest BCUT2D eigenvalue weighted by molar-refractivity contribution is 7.18. The number of nitrogens with one attached hydrogen (secondary N) is 2. The fourth-order valence-corrected chi connectivity index (χ4v) is 3.16. The summed E-state index contributed by atoms with van der Waals surface area (Å²) in [6.45, 7) is 2.01. The molecule has 2 heterocycles. The Balaban J connectivity index is 2.12. The van der Waals surface area contributed by atoms with E-state index in [4.69, 9.17) is 29.0 Å². The van der Waals surface area contributed by atoms with E-state index < -0.39 is 0 Å². The van der Waals surface area contributed by atoms with Crippen molar-refractivity contribution in [1.82, 2.24) is 9.97 Å². The zero-order valence-electron chi connectivity index (χ0n) is 10.9. The minimum atomic E-state index is 0.338. The fourth-order valence-electron chi connectivity index (χ4n) is 1.93. The third-order valence-corrected chi connectivity index (χ3v) is 4.61. The van der Waals surface area contributed by atoms with E-state index in [0.29, 0.717) is 27.5 Å². The largest absolute Gasteiger partial charge is 0.338 e. The standard InChI is InChI=1S/C13H11Cl2N5S/c1-6-5-7-11(18-13(20-16)19-12(7)21-6)17-9-4-2-3-8(14)10(9)15/h2-5H,16H2,1H3,(H2,17,18,19,20). The normalized spacial score (nSPS) is 10.9. The van der Waals surface area contributed by atoms with Crippen molar-refractivity contribution in [2.75, 3.05) is 10.7 Å². The van der Waals surface area contributed by atoms with Crippen LogP contribution in [0, 0.1) is 6.92 Å². The second-order valence-corrected chi connectivity index (χ2v) is 6.36. The van der Waals surface area contributed by atoms with Crippen LogP contribution >= 0.6 is 34.5 Å². The van der Waals surface area contributed by atoms with Crippen molar-refractivity contribution in [3.05, 3.63) is 39.2 Å². The maximum Gasteiger partial charge on any atom is 0.240 e. The van der Waals surface area contributed by atoms with Crippen molar-refractivity contribution in [2.45, 2.75) is 6.92 Å². The van der Waals surface area contributed by atoms with Gasteiger partial charge in [-0.1, -0.05) is 29.3 Å². The third-order valence-electron chi connectivity index (χ3n) is 2.85. The summed E-state index contributed by atoms with van der Waals surface area (Å²) in [5.41, 5.74) is 3.14. The van der Waals surface area contributed by atoms with Crippen LogP contribution in [0.5, 0.6) is 0 Å². The summed E-state index contributed by atoms with van der Waals surface area (Å²) in [6.07, 6.45) is 0. The van der Waals surface area contributed by atoms with E-state index in [1.54, 1.807) is 17.4 Å². The number of halogens is 2. The number of aromatic nitrogens is 2. The van der Waals surface area contributed by atoms with Crippen molar-refractivity contribution in [3.8, 4) is 0 Å². The van der Waals surface area contributed by atoms with Gasteiger partial charge < -0.3 is 5.32 Å². The lowest BCUT2D eigenvalue weighted by atomic mass is 10.3. The monoisotopic (exact) mass is 339 g/mol. The molecule has 0 unspecified atom stereocenters. The van der Waals surface area contributed by atoms with E-state index in [-0.39, 0.29) is 0 Å². The summed E-state index contributed by atoms with van der Waals surface area (Å²) in [4.78, 5) is 10.7. The van der Waals surface area contributed by atoms with Gasteiger partial charge in [0.25, 0.3) is 0 Å². The summed E-state index contributed by atoms with van der Waals surface area (Å²) in [6, 6.07) is 7.39. The number of rotatable bonds is 3. The Morgan fingerprint density at radius 2 is 2.05 bits per heavy atom. The van der Waals surface area contributed by atoms with Crippen LogP contribution in [-0.4, -0.2) is 9.97 Å². The summed E-state index contributed by atoms with van der Waals surface area (Å²) in [7, 11) is 0. The SMILES string of the molecule is Cc1cc2c(Nc3cccc(Cl)c3Cl)nc(NN)nc2s1. The van der Waals surface area contributed by atoms with Gasteiger partial charge in [0.1, 0.15) is 10.6 Å². The molecule has 0 atom stereocenters. The quantitative estimate of drug-likeness (QED) is 0.489. The molecule has 0 spiro atoms. The molecule has 0 saturated heterocycles. The number of nitrogens with two attached hydrogens (primary N) is 1. The molecular formula is C13H11Cl2N5S. The molecule has 0 aliphatic carbocycles. The van der Waals surface area contributed by atoms with E-state index in [2.05, 4.69) is 20.7 Å². The summed E-state index contributed by atoms with van der Waals surface area (Å²) < 4.78 is 0. The number of hydrogen-bond donors (Lipinski definition) is 3. The van der Waals surface area contributed by atoms with Crippen LogP contribution in [0.15, 0.2) is 24.3 Å². The molecular weight excluding hydrogens is 329 g/mol. The number of nitrogens with zero attached hydrogens (tertiary/aromatic N) is 2. The Labute approximate surface area is 135 Å². The number of benzene rings is 1. The first-order valence-electron chi connectivity index (χ1n) is 6.04. The molecule has 3 aromatic rings. The maximum absolute atomic E-state index is 6.20. The average Bonchev–Trinajstić information content (AvgIpc) is 2.84. The molecule has 21 heavy (non-hydrogen) atoms. The van der Waals surface area contributed by atoms with E-state index in [0.717, 1.165) is 15.1 Å². The topological polar surface area (TPSA) is 75.9 Å². The first-order chi connectivity index (χ1) is 10.1. The molecule has 0 saturated carbocycles. The third kappa shape index (κ3) is 2.75. The predicted molar refractivity (Wildman–Crippen MR) is 89.7 cm³/mol. The smallest absolute Gasteiger partial charge is 0.240 e. The Morgan fingerprint density at radius 3 is 2.81 bits per heavy atom. The summed E-state index contributed by atoms with van der Waals surface area (Å²) >= 11 is 13.8. The maximum atomic E-state index is 6.20. The van der Waals surface area contributed by atoms with Crippen LogP contribution in [0.25, 0.3) is 10.2 Å².